The minimum absolute atomic E-state index is 0.0284. The molecular formula is C19H23NO2. The molecule has 0 aliphatic rings. The molecule has 0 aliphatic carbocycles. The van der Waals surface area contributed by atoms with Gasteiger partial charge in [0.05, 0.1) is 19.6 Å². The first-order valence-corrected chi connectivity index (χ1v) is 7.61. The number of hydrogen-bond acceptors (Lipinski definition) is 2. The van der Waals surface area contributed by atoms with Gasteiger partial charge in [-0.1, -0.05) is 48.9 Å². The van der Waals surface area contributed by atoms with Crippen molar-refractivity contribution in [3.8, 4) is 5.75 Å². The number of rotatable bonds is 6. The van der Waals surface area contributed by atoms with Gasteiger partial charge in [0.1, 0.15) is 5.75 Å². The van der Waals surface area contributed by atoms with E-state index in [4.69, 9.17) is 4.74 Å². The van der Waals surface area contributed by atoms with Gasteiger partial charge < -0.3 is 10.1 Å². The van der Waals surface area contributed by atoms with Crippen molar-refractivity contribution in [3.63, 3.8) is 0 Å². The first kappa shape index (κ1) is 16.1. The SMILES string of the molecule is CCC(NC(=O)Cc1cccc(OC)c1)c1ccc(C)cc1. The first-order chi connectivity index (χ1) is 10.6. The Morgan fingerprint density at radius 1 is 1.18 bits per heavy atom. The third kappa shape index (κ3) is 4.35. The van der Waals surface area contributed by atoms with Gasteiger partial charge in [-0.05, 0) is 36.6 Å². The van der Waals surface area contributed by atoms with Crippen LogP contribution in [0.3, 0.4) is 0 Å². The highest BCUT2D eigenvalue weighted by Gasteiger charge is 2.13. The molecule has 3 heteroatoms. The highest BCUT2D eigenvalue weighted by Crippen LogP contribution is 2.18. The molecule has 1 amide bonds. The highest BCUT2D eigenvalue weighted by molar-refractivity contribution is 5.79. The maximum absolute atomic E-state index is 12.3. The quantitative estimate of drug-likeness (QED) is 0.880. The molecule has 0 aromatic heterocycles. The van der Waals surface area contributed by atoms with Crippen LogP contribution in [-0.4, -0.2) is 13.0 Å². The number of ether oxygens (including phenoxy) is 1. The summed E-state index contributed by atoms with van der Waals surface area (Å²) in [6.45, 7) is 4.14. The fourth-order valence-corrected chi connectivity index (χ4v) is 2.43. The summed E-state index contributed by atoms with van der Waals surface area (Å²) in [5, 5.41) is 3.11. The van der Waals surface area contributed by atoms with Crippen LogP contribution in [0.2, 0.25) is 0 Å². The molecule has 0 saturated carbocycles. The van der Waals surface area contributed by atoms with Crippen LogP contribution in [0.15, 0.2) is 48.5 Å². The van der Waals surface area contributed by atoms with E-state index >= 15 is 0 Å². The van der Waals surface area contributed by atoms with Crippen LogP contribution in [0.4, 0.5) is 0 Å². The van der Waals surface area contributed by atoms with E-state index in [1.165, 1.54) is 5.56 Å². The Labute approximate surface area is 132 Å². The summed E-state index contributed by atoms with van der Waals surface area (Å²) in [4.78, 5) is 12.3. The molecule has 0 bridgehead atoms. The molecule has 0 fully saturated rings. The molecule has 0 aliphatic heterocycles. The molecule has 116 valence electrons. The molecule has 0 radical (unpaired) electrons. The Kier molecular flexibility index (Phi) is 5.59. The summed E-state index contributed by atoms with van der Waals surface area (Å²) in [6, 6.07) is 16.0. The Morgan fingerprint density at radius 2 is 1.91 bits per heavy atom. The van der Waals surface area contributed by atoms with Gasteiger partial charge in [-0.3, -0.25) is 4.79 Å². The number of hydrogen-bond donors (Lipinski definition) is 1. The van der Waals surface area contributed by atoms with Gasteiger partial charge in [0, 0.05) is 0 Å². The monoisotopic (exact) mass is 297 g/mol. The number of amides is 1. The zero-order chi connectivity index (χ0) is 15.9. The molecule has 2 rings (SSSR count). The summed E-state index contributed by atoms with van der Waals surface area (Å²) in [6.07, 6.45) is 1.23. The lowest BCUT2D eigenvalue weighted by molar-refractivity contribution is -0.121. The van der Waals surface area contributed by atoms with Gasteiger partial charge >= 0.3 is 0 Å². The van der Waals surface area contributed by atoms with Crippen LogP contribution >= 0.6 is 0 Å². The number of nitrogens with one attached hydrogen (secondary N) is 1. The predicted molar refractivity (Wildman–Crippen MR) is 89.1 cm³/mol. The van der Waals surface area contributed by atoms with Crippen LogP contribution in [0.5, 0.6) is 5.75 Å². The van der Waals surface area contributed by atoms with E-state index in [2.05, 4.69) is 43.4 Å². The summed E-state index contributed by atoms with van der Waals surface area (Å²) in [5.74, 6) is 0.802. The first-order valence-electron chi connectivity index (χ1n) is 7.61. The molecule has 1 unspecified atom stereocenters. The molecule has 1 atom stereocenters. The van der Waals surface area contributed by atoms with E-state index in [0.717, 1.165) is 23.3 Å². The lowest BCUT2D eigenvalue weighted by Crippen LogP contribution is -2.29. The highest BCUT2D eigenvalue weighted by atomic mass is 16.5. The fourth-order valence-electron chi connectivity index (χ4n) is 2.43. The van der Waals surface area contributed by atoms with E-state index < -0.39 is 0 Å². The smallest absolute Gasteiger partial charge is 0.224 e. The average Bonchev–Trinajstić information content (AvgIpc) is 2.53. The van der Waals surface area contributed by atoms with E-state index in [9.17, 15) is 4.79 Å². The van der Waals surface area contributed by atoms with Crippen molar-refractivity contribution in [1.29, 1.82) is 0 Å². The van der Waals surface area contributed by atoms with E-state index in [1.54, 1.807) is 7.11 Å². The van der Waals surface area contributed by atoms with Crippen LogP contribution in [0.1, 0.15) is 36.1 Å². The van der Waals surface area contributed by atoms with Crippen LogP contribution in [-0.2, 0) is 11.2 Å². The fraction of sp³-hybridized carbons (Fsp3) is 0.316. The standard InChI is InChI=1S/C19H23NO2/c1-4-18(16-10-8-14(2)9-11-16)20-19(21)13-15-6-5-7-17(12-15)22-3/h5-12,18H,4,13H2,1-3H3,(H,20,21). The van der Waals surface area contributed by atoms with Crippen molar-refractivity contribution in [2.75, 3.05) is 7.11 Å². The van der Waals surface area contributed by atoms with Crippen molar-refractivity contribution in [2.45, 2.75) is 32.7 Å². The van der Waals surface area contributed by atoms with Gasteiger partial charge in [0.25, 0.3) is 0 Å². The second-order valence-corrected chi connectivity index (χ2v) is 5.47. The number of methoxy groups -OCH3 is 1. The average molecular weight is 297 g/mol. The van der Waals surface area contributed by atoms with Gasteiger partial charge in [-0.25, -0.2) is 0 Å². The Bertz CT molecular complexity index is 620. The molecule has 22 heavy (non-hydrogen) atoms. The maximum atomic E-state index is 12.3. The second kappa shape index (κ2) is 7.64. The molecule has 1 N–H and O–H groups in total. The summed E-state index contributed by atoms with van der Waals surface area (Å²) >= 11 is 0. The minimum Gasteiger partial charge on any atom is -0.497 e. The lowest BCUT2D eigenvalue weighted by Gasteiger charge is -2.18. The third-order valence-corrected chi connectivity index (χ3v) is 3.72. The molecule has 0 heterocycles. The van der Waals surface area contributed by atoms with Crippen molar-refractivity contribution < 1.29 is 9.53 Å². The topological polar surface area (TPSA) is 38.3 Å². The summed E-state index contributed by atoms with van der Waals surface area (Å²) in [7, 11) is 1.63. The minimum atomic E-state index is 0.0284. The number of benzene rings is 2. The van der Waals surface area contributed by atoms with Gasteiger partial charge in [-0.15, -0.1) is 0 Å². The molecule has 0 saturated heterocycles. The van der Waals surface area contributed by atoms with E-state index in [-0.39, 0.29) is 11.9 Å². The number of carbonyl (C=O) groups excluding carboxylic acids is 1. The molecule has 3 nitrogen and oxygen atoms in total. The van der Waals surface area contributed by atoms with Crippen molar-refractivity contribution in [1.82, 2.24) is 5.32 Å². The van der Waals surface area contributed by atoms with Crippen LogP contribution in [0.25, 0.3) is 0 Å². The summed E-state index contributed by atoms with van der Waals surface area (Å²) < 4.78 is 5.19. The van der Waals surface area contributed by atoms with Crippen molar-refractivity contribution >= 4 is 5.91 Å². The molecule has 0 spiro atoms. The number of carbonyl (C=O) groups is 1. The van der Waals surface area contributed by atoms with Crippen molar-refractivity contribution in [2.24, 2.45) is 0 Å². The zero-order valence-corrected chi connectivity index (χ0v) is 13.4. The van der Waals surface area contributed by atoms with Gasteiger partial charge in [0.2, 0.25) is 5.91 Å². The Balaban J connectivity index is 2.01. The third-order valence-electron chi connectivity index (χ3n) is 3.72. The van der Waals surface area contributed by atoms with Crippen LogP contribution < -0.4 is 10.1 Å². The zero-order valence-electron chi connectivity index (χ0n) is 13.4. The van der Waals surface area contributed by atoms with Gasteiger partial charge in [0.15, 0.2) is 0 Å². The Morgan fingerprint density at radius 3 is 2.55 bits per heavy atom. The van der Waals surface area contributed by atoms with Gasteiger partial charge in [-0.2, -0.15) is 0 Å². The molecular weight excluding hydrogens is 274 g/mol. The second-order valence-electron chi connectivity index (χ2n) is 5.47. The maximum Gasteiger partial charge on any atom is 0.224 e. The van der Waals surface area contributed by atoms with E-state index in [0.29, 0.717) is 6.42 Å². The molecule has 2 aromatic carbocycles. The normalized spacial score (nSPS) is 11.8. The van der Waals surface area contributed by atoms with Crippen LogP contribution in [0, 0.1) is 6.92 Å². The summed E-state index contributed by atoms with van der Waals surface area (Å²) in [5.41, 5.74) is 3.32. The Hall–Kier alpha value is -2.29. The van der Waals surface area contributed by atoms with Crippen molar-refractivity contribution in [3.05, 3.63) is 65.2 Å². The molecule has 2 aromatic rings. The largest absolute Gasteiger partial charge is 0.497 e. The van der Waals surface area contributed by atoms with E-state index in [1.807, 2.05) is 24.3 Å². The lowest BCUT2D eigenvalue weighted by atomic mass is 10.0. The number of aryl methyl sites for hydroxylation is 1. The predicted octanol–water partition coefficient (Wildman–Crippen LogP) is 3.81.